The molecule has 9 heteroatoms. The quantitative estimate of drug-likeness (QED) is 0.520. The van der Waals surface area contributed by atoms with E-state index in [1.165, 1.54) is 11.3 Å². The van der Waals surface area contributed by atoms with Gasteiger partial charge in [0, 0.05) is 35.4 Å². The third-order valence-electron chi connectivity index (χ3n) is 3.87. The summed E-state index contributed by atoms with van der Waals surface area (Å²) in [6, 6.07) is 6.60. The molecule has 2 rings (SSSR count). The Bertz CT molecular complexity index is 807. The van der Waals surface area contributed by atoms with Crippen LogP contribution in [0.1, 0.15) is 25.0 Å². The smallest absolute Gasteiger partial charge is 0.312 e. The van der Waals surface area contributed by atoms with Gasteiger partial charge in [-0.15, -0.1) is 11.3 Å². The molecule has 144 valence electrons. The predicted octanol–water partition coefficient (Wildman–Crippen LogP) is 3.11. The summed E-state index contributed by atoms with van der Waals surface area (Å²) in [4.78, 5) is 38.6. The number of urea groups is 1. The van der Waals surface area contributed by atoms with E-state index in [0.717, 1.165) is 10.6 Å². The van der Waals surface area contributed by atoms with Gasteiger partial charge in [0.15, 0.2) is 0 Å². The van der Waals surface area contributed by atoms with Gasteiger partial charge in [0.2, 0.25) is 0 Å². The molecule has 0 aliphatic heterocycles. The maximum absolute atomic E-state index is 12.3. The van der Waals surface area contributed by atoms with Crippen LogP contribution in [0, 0.1) is 5.92 Å². The van der Waals surface area contributed by atoms with Crippen LogP contribution in [0.25, 0.3) is 10.6 Å². The molecule has 2 amide bonds. The number of nitrogens with one attached hydrogen (secondary N) is 1. The van der Waals surface area contributed by atoms with Crippen LogP contribution in [0.5, 0.6) is 0 Å². The van der Waals surface area contributed by atoms with E-state index in [9.17, 15) is 19.5 Å². The maximum atomic E-state index is 12.3. The van der Waals surface area contributed by atoms with Crippen molar-refractivity contribution in [2.45, 2.75) is 25.7 Å². The number of halogens is 1. The van der Waals surface area contributed by atoms with E-state index >= 15 is 0 Å². The van der Waals surface area contributed by atoms with Crippen LogP contribution in [0.4, 0.5) is 4.79 Å². The number of thiazole rings is 1. The number of hydrogen-bond acceptors (Lipinski definition) is 5. The standard InChI is InChI=1S/C18H20ClN3O4S/c19-13-5-3-11(4-6-13)16-22-14(10-27-16)9-15(23)8-12(17(24)25)2-1-7-21-18(20)26/h3-6,10,12H,1-2,7-9H2,(H,24,25)(H3,20,21,26)/t12-/m0/s1. The molecule has 1 heterocycles. The first-order valence-electron chi connectivity index (χ1n) is 8.33. The number of aliphatic carboxylic acids is 1. The van der Waals surface area contributed by atoms with Gasteiger partial charge in [0.1, 0.15) is 10.8 Å². The van der Waals surface area contributed by atoms with Crippen molar-refractivity contribution >= 4 is 40.7 Å². The average Bonchev–Trinajstić information content (AvgIpc) is 3.06. The zero-order valence-electron chi connectivity index (χ0n) is 14.5. The molecule has 4 N–H and O–H groups in total. The van der Waals surface area contributed by atoms with E-state index in [4.69, 9.17) is 17.3 Å². The molecule has 0 aliphatic rings. The van der Waals surface area contributed by atoms with Gasteiger partial charge in [0.05, 0.1) is 11.6 Å². The Hall–Kier alpha value is -2.45. The third-order valence-corrected chi connectivity index (χ3v) is 5.07. The largest absolute Gasteiger partial charge is 0.481 e. The first-order chi connectivity index (χ1) is 12.8. The van der Waals surface area contributed by atoms with E-state index in [1.807, 2.05) is 12.1 Å². The van der Waals surface area contributed by atoms with Gasteiger partial charge >= 0.3 is 12.0 Å². The van der Waals surface area contributed by atoms with Gasteiger partial charge < -0.3 is 16.2 Å². The molecule has 7 nitrogen and oxygen atoms in total. The topological polar surface area (TPSA) is 122 Å². The molecule has 2 aromatic rings. The number of carboxylic acid groups (broad SMARTS) is 1. The summed E-state index contributed by atoms with van der Waals surface area (Å²) >= 11 is 7.29. The molecule has 27 heavy (non-hydrogen) atoms. The SMILES string of the molecule is NC(=O)NCCC[C@@H](CC(=O)Cc1csc(-c2ccc(Cl)cc2)n1)C(=O)O. The number of rotatable bonds is 10. The summed E-state index contributed by atoms with van der Waals surface area (Å²) < 4.78 is 0. The zero-order chi connectivity index (χ0) is 19.8. The Labute approximate surface area is 165 Å². The van der Waals surface area contributed by atoms with Crippen LogP contribution in [0.3, 0.4) is 0 Å². The van der Waals surface area contributed by atoms with Crippen LogP contribution in [-0.2, 0) is 16.0 Å². The van der Waals surface area contributed by atoms with Crippen molar-refractivity contribution in [1.29, 1.82) is 0 Å². The fourth-order valence-electron chi connectivity index (χ4n) is 2.54. The lowest BCUT2D eigenvalue weighted by molar-refractivity contribution is -0.144. The van der Waals surface area contributed by atoms with Crippen molar-refractivity contribution in [3.05, 3.63) is 40.4 Å². The molecule has 1 aromatic heterocycles. The average molecular weight is 410 g/mol. The fourth-order valence-corrected chi connectivity index (χ4v) is 3.49. The van der Waals surface area contributed by atoms with Gasteiger partial charge in [0.25, 0.3) is 0 Å². The summed E-state index contributed by atoms with van der Waals surface area (Å²) in [7, 11) is 0. The number of aromatic nitrogens is 1. The molecule has 0 bridgehead atoms. The molecule has 0 fully saturated rings. The van der Waals surface area contributed by atoms with Crippen molar-refractivity contribution in [2.75, 3.05) is 6.54 Å². The monoisotopic (exact) mass is 409 g/mol. The van der Waals surface area contributed by atoms with Crippen LogP contribution in [0.15, 0.2) is 29.6 Å². The minimum absolute atomic E-state index is 0.0697. The molecule has 1 atom stereocenters. The fraction of sp³-hybridized carbons (Fsp3) is 0.333. The number of benzene rings is 1. The second kappa shape index (κ2) is 10.0. The maximum Gasteiger partial charge on any atom is 0.312 e. The molecular formula is C18H20ClN3O4S. The molecule has 0 saturated carbocycles. The molecular weight excluding hydrogens is 390 g/mol. The predicted molar refractivity (Wildman–Crippen MR) is 104 cm³/mol. The van der Waals surface area contributed by atoms with Crippen molar-refractivity contribution in [3.8, 4) is 10.6 Å². The highest BCUT2D eigenvalue weighted by Gasteiger charge is 2.21. The Balaban J connectivity index is 1.88. The van der Waals surface area contributed by atoms with E-state index < -0.39 is 17.9 Å². The first-order valence-corrected chi connectivity index (χ1v) is 9.59. The zero-order valence-corrected chi connectivity index (χ0v) is 16.1. The molecule has 0 saturated heterocycles. The van der Waals surface area contributed by atoms with Gasteiger partial charge in [-0.3, -0.25) is 9.59 Å². The van der Waals surface area contributed by atoms with Crippen molar-refractivity contribution in [1.82, 2.24) is 10.3 Å². The Kier molecular flexibility index (Phi) is 7.75. The number of amides is 2. The normalized spacial score (nSPS) is 11.7. The van der Waals surface area contributed by atoms with E-state index in [2.05, 4.69) is 10.3 Å². The number of Topliss-reactive ketones (excluding diaryl/α,β-unsaturated/α-hetero) is 1. The molecule has 0 aliphatic carbocycles. The van der Waals surface area contributed by atoms with E-state index in [1.54, 1.807) is 17.5 Å². The summed E-state index contributed by atoms with van der Waals surface area (Å²) in [5.41, 5.74) is 6.48. The van der Waals surface area contributed by atoms with Gasteiger partial charge in [-0.25, -0.2) is 9.78 Å². The lowest BCUT2D eigenvalue weighted by Crippen LogP contribution is -2.30. The van der Waals surface area contributed by atoms with Crippen LogP contribution in [0.2, 0.25) is 5.02 Å². The van der Waals surface area contributed by atoms with Crippen molar-refractivity contribution < 1.29 is 19.5 Å². The van der Waals surface area contributed by atoms with Crippen molar-refractivity contribution in [2.24, 2.45) is 11.7 Å². The van der Waals surface area contributed by atoms with Gasteiger partial charge in [-0.2, -0.15) is 0 Å². The number of hydrogen-bond donors (Lipinski definition) is 3. The highest BCUT2D eigenvalue weighted by molar-refractivity contribution is 7.13. The minimum Gasteiger partial charge on any atom is -0.481 e. The molecule has 1 aromatic carbocycles. The number of carboxylic acids is 1. The van der Waals surface area contributed by atoms with E-state index in [-0.39, 0.29) is 31.6 Å². The molecule has 0 radical (unpaired) electrons. The summed E-state index contributed by atoms with van der Waals surface area (Å²) in [5, 5.41) is 14.9. The van der Waals surface area contributed by atoms with Gasteiger partial charge in [-0.1, -0.05) is 23.7 Å². The first kappa shape index (κ1) is 20.9. The summed E-state index contributed by atoms with van der Waals surface area (Å²) in [6.07, 6.45) is 0.742. The minimum atomic E-state index is -1.03. The number of carbonyl (C=O) groups is 3. The Morgan fingerprint density at radius 1 is 1.26 bits per heavy atom. The number of ketones is 1. The number of primary amides is 1. The lowest BCUT2D eigenvalue weighted by Gasteiger charge is -2.11. The lowest BCUT2D eigenvalue weighted by atomic mass is 9.95. The number of nitrogens with two attached hydrogens (primary N) is 1. The Morgan fingerprint density at radius 3 is 2.59 bits per heavy atom. The van der Waals surface area contributed by atoms with Gasteiger partial charge in [-0.05, 0) is 25.0 Å². The molecule has 0 unspecified atom stereocenters. The third kappa shape index (κ3) is 6.99. The summed E-state index contributed by atoms with van der Waals surface area (Å²) in [6.45, 7) is 0.282. The molecule has 0 spiro atoms. The second-order valence-electron chi connectivity index (χ2n) is 6.04. The van der Waals surface area contributed by atoms with Crippen molar-refractivity contribution in [3.63, 3.8) is 0 Å². The Morgan fingerprint density at radius 2 is 1.96 bits per heavy atom. The number of nitrogens with zero attached hydrogens (tertiary/aromatic N) is 1. The second-order valence-corrected chi connectivity index (χ2v) is 7.33. The van der Waals surface area contributed by atoms with E-state index in [0.29, 0.717) is 17.1 Å². The summed E-state index contributed by atoms with van der Waals surface area (Å²) in [5.74, 6) is -2.00. The highest BCUT2D eigenvalue weighted by atomic mass is 35.5. The number of carbonyl (C=O) groups excluding carboxylic acids is 2. The highest BCUT2D eigenvalue weighted by Crippen LogP contribution is 2.25. The van der Waals surface area contributed by atoms with Crippen LogP contribution < -0.4 is 11.1 Å². The van der Waals surface area contributed by atoms with Crippen LogP contribution in [-0.4, -0.2) is 34.4 Å². The van der Waals surface area contributed by atoms with Crippen LogP contribution >= 0.6 is 22.9 Å².